The van der Waals surface area contributed by atoms with Gasteiger partial charge < -0.3 is 20.6 Å². The molecule has 1 saturated heterocycles. The normalized spacial score (nSPS) is 18.3. The number of fused-ring (bicyclic) bond motifs is 1. The number of rotatable bonds is 11. The molecule has 0 unspecified atom stereocenters. The number of halogens is 2. The molecular weight excluding hydrogens is 669 g/mol. The fraction of sp³-hybridized carbons (Fsp3) is 0.207. The molecule has 10 nitrogen and oxygen atoms in total. The minimum atomic E-state index is -1.22. The molecule has 0 radical (unpaired) electrons. The van der Waals surface area contributed by atoms with E-state index in [1.807, 2.05) is 0 Å². The SMILES string of the molecule is O=C(CSc1cc(Cl)ccc1Cl)N[C@@H]1C(=O)N2C(C(=O)O)=C(CSc3cc[n+]([C@H](C(=O)O)c4ccc(O)cc4)cc3)CS[C@H]12. The molecule has 2 aromatic carbocycles. The van der Waals surface area contributed by atoms with Crippen molar-refractivity contribution in [3.63, 3.8) is 0 Å². The molecular formula is C29H24Cl2N3O7S3+. The van der Waals surface area contributed by atoms with Gasteiger partial charge in [-0.05, 0) is 48.0 Å². The Morgan fingerprint density at radius 3 is 2.41 bits per heavy atom. The maximum absolute atomic E-state index is 13.0. The molecule has 0 bridgehead atoms. The zero-order valence-electron chi connectivity index (χ0n) is 22.6. The maximum Gasteiger partial charge on any atom is 0.378 e. The van der Waals surface area contributed by atoms with Crippen molar-refractivity contribution in [2.75, 3.05) is 17.3 Å². The van der Waals surface area contributed by atoms with Gasteiger partial charge in [-0.15, -0.1) is 35.3 Å². The number of carboxylic acid groups (broad SMARTS) is 2. The van der Waals surface area contributed by atoms with Gasteiger partial charge in [0.2, 0.25) is 5.91 Å². The van der Waals surface area contributed by atoms with Crippen LogP contribution < -0.4 is 9.88 Å². The number of carbonyl (C=O) groups excluding carboxylic acids is 2. The van der Waals surface area contributed by atoms with Crippen molar-refractivity contribution in [1.29, 1.82) is 0 Å². The van der Waals surface area contributed by atoms with Crippen molar-refractivity contribution in [3.8, 4) is 5.75 Å². The van der Waals surface area contributed by atoms with E-state index in [-0.39, 0.29) is 23.1 Å². The summed E-state index contributed by atoms with van der Waals surface area (Å²) in [4.78, 5) is 52.5. The molecule has 3 aromatic rings. The lowest BCUT2D eigenvalue weighted by atomic mass is 10.0. The molecule has 44 heavy (non-hydrogen) atoms. The average molecular weight is 694 g/mol. The van der Waals surface area contributed by atoms with Crippen LogP contribution in [0.2, 0.25) is 10.0 Å². The minimum Gasteiger partial charge on any atom is -0.508 e. The van der Waals surface area contributed by atoms with Crippen LogP contribution in [-0.4, -0.2) is 72.6 Å². The quantitative estimate of drug-likeness (QED) is 0.130. The number of carboxylic acids is 2. The van der Waals surface area contributed by atoms with E-state index in [4.69, 9.17) is 23.2 Å². The van der Waals surface area contributed by atoms with Crippen LogP contribution in [0.4, 0.5) is 0 Å². The number of aromatic nitrogens is 1. The van der Waals surface area contributed by atoms with Gasteiger partial charge in [0.1, 0.15) is 22.9 Å². The highest BCUT2D eigenvalue weighted by molar-refractivity contribution is 8.01. The highest BCUT2D eigenvalue weighted by atomic mass is 35.5. The predicted octanol–water partition coefficient (Wildman–Crippen LogP) is 4.28. The van der Waals surface area contributed by atoms with Gasteiger partial charge in [-0.1, -0.05) is 23.2 Å². The Labute approximate surface area is 274 Å². The lowest BCUT2D eigenvalue weighted by molar-refractivity contribution is -0.702. The number of hydrogen-bond acceptors (Lipinski definition) is 8. The molecule has 2 amide bonds. The summed E-state index contributed by atoms with van der Waals surface area (Å²) >= 11 is 16.1. The largest absolute Gasteiger partial charge is 0.508 e. The molecule has 0 spiro atoms. The first-order valence-electron chi connectivity index (χ1n) is 13.0. The second-order valence-corrected chi connectivity index (χ2v) is 13.7. The topological polar surface area (TPSA) is 148 Å². The Kier molecular flexibility index (Phi) is 10.0. The number of nitrogens with zero attached hydrogens (tertiary/aromatic N) is 2. The zero-order chi connectivity index (χ0) is 31.5. The first-order chi connectivity index (χ1) is 21.0. The van der Waals surface area contributed by atoms with Crippen LogP contribution in [0.5, 0.6) is 5.75 Å². The summed E-state index contributed by atoms with van der Waals surface area (Å²) in [6.45, 7) is 0. The molecule has 3 atom stereocenters. The van der Waals surface area contributed by atoms with Crippen molar-refractivity contribution >= 4 is 82.2 Å². The Morgan fingerprint density at radius 1 is 1.05 bits per heavy atom. The summed E-state index contributed by atoms with van der Waals surface area (Å²) in [6.07, 6.45) is 3.24. The van der Waals surface area contributed by atoms with Gasteiger partial charge in [-0.2, -0.15) is 4.57 Å². The number of aromatic hydroxyl groups is 1. The second-order valence-electron chi connectivity index (χ2n) is 9.68. The number of phenolic OH excluding ortho intramolecular Hbond substituents is 1. The number of hydrogen-bond donors (Lipinski definition) is 4. The summed E-state index contributed by atoms with van der Waals surface area (Å²) < 4.78 is 1.52. The Morgan fingerprint density at radius 2 is 1.75 bits per heavy atom. The van der Waals surface area contributed by atoms with E-state index in [1.165, 1.54) is 56.9 Å². The zero-order valence-corrected chi connectivity index (χ0v) is 26.5. The molecule has 0 saturated carbocycles. The van der Waals surface area contributed by atoms with Crippen molar-refractivity contribution < 1.29 is 39.1 Å². The number of benzene rings is 2. The third-order valence-corrected chi connectivity index (χ3v) is 11.0. The standard InChI is InChI=1S/C29H23Cl2N3O7S3/c30-17-3-6-20(31)21(11-17)43-14-22(36)32-23-26(37)34-25(29(40)41)16(13-44-27(23)34)12-42-19-7-9-33(10-8-19)24(28(38)39)15-1-4-18(35)5-2-15/h1-11,23-24,27H,12-14H2,(H3-,32,35,36,38,39,40,41)/p+1/t23-,24+,27-/m1/s1. The Balaban J connectivity index is 1.21. The maximum atomic E-state index is 13.0. The fourth-order valence-corrected chi connectivity index (χ4v) is 8.38. The average Bonchev–Trinajstić information content (AvgIpc) is 3.00. The summed E-state index contributed by atoms with van der Waals surface area (Å²) in [6, 6.07) is 12.5. The molecule has 0 aliphatic carbocycles. The van der Waals surface area contributed by atoms with E-state index in [1.54, 1.807) is 54.9 Å². The molecule has 2 aliphatic heterocycles. The number of thioether (sulfide) groups is 3. The first kappa shape index (κ1) is 32.0. The van der Waals surface area contributed by atoms with Gasteiger partial charge in [0, 0.05) is 44.0 Å². The van der Waals surface area contributed by atoms with E-state index in [0.29, 0.717) is 37.6 Å². The van der Waals surface area contributed by atoms with Crippen molar-refractivity contribution in [1.82, 2.24) is 10.2 Å². The number of carbonyl (C=O) groups is 4. The molecule has 228 valence electrons. The predicted molar refractivity (Wildman–Crippen MR) is 168 cm³/mol. The van der Waals surface area contributed by atoms with Gasteiger partial charge in [-0.3, -0.25) is 14.5 Å². The molecule has 1 fully saturated rings. The van der Waals surface area contributed by atoms with Gasteiger partial charge in [0.05, 0.1) is 10.8 Å². The van der Waals surface area contributed by atoms with Gasteiger partial charge in [-0.25, -0.2) is 9.59 Å². The smallest absolute Gasteiger partial charge is 0.378 e. The summed E-state index contributed by atoms with van der Waals surface area (Å²) in [5, 5.41) is 32.4. The second kappa shape index (κ2) is 13.7. The third kappa shape index (κ3) is 6.97. The van der Waals surface area contributed by atoms with E-state index < -0.39 is 35.3 Å². The summed E-state index contributed by atoms with van der Waals surface area (Å²) in [5.74, 6) is -2.47. The molecule has 15 heteroatoms. The van der Waals surface area contributed by atoms with Crippen LogP contribution >= 0.6 is 58.5 Å². The van der Waals surface area contributed by atoms with E-state index in [9.17, 15) is 34.5 Å². The van der Waals surface area contributed by atoms with E-state index >= 15 is 0 Å². The lowest BCUT2D eigenvalue weighted by Gasteiger charge is -2.49. The lowest BCUT2D eigenvalue weighted by Crippen LogP contribution is -2.70. The highest BCUT2D eigenvalue weighted by Gasteiger charge is 2.54. The number of phenols is 1. The monoisotopic (exact) mass is 692 g/mol. The minimum absolute atomic E-state index is 0.00394. The fourth-order valence-electron chi connectivity index (χ4n) is 4.70. The molecule has 4 N–H and O–H groups in total. The molecule has 2 aliphatic rings. The number of β-lactam (4-membered cyclic amide) rings is 1. The Hall–Kier alpha value is -3.36. The van der Waals surface area contributed by atoms with Gasteiger partial charge >= 0.3 is 11.9 Å². The third-order valence-electron chi connectivity index (χ3n) is 6.79. The number of nitrogens with one attached hydrogen (secondary N) is 1. The highest BCUT2D eigenvalue weighted by Crippen LogP contribution is 2.41. The number of aliphatic carboxylic acids is 2. The molecule has 3 heterocycles. The van der Waals surface area contributed by atoms with Crippen molar-refractivity contribution in [2.45, 2.75) is 27.2 Å². The van der Waals surface area contributed by atoms with Crippen LogP contribution in [0.15, 0.2) is 88.1 Å². The summed E-state index contributed by atoms with van der Waals surface area (Å²) in [7, 11) is 0. The van der Waals surface area contributed by atoms with Crippen LogP contribution in [0, 0.1) is 0 Å². The Bertz CT molecular complexity index is 1650. The number of amides is 2. The van der Waals surface area contributed by atoms with Crippen molar-refractivity contribution in [3.05, 3.63) is 93.9 Å². The van der Waals surface area contributed by atoms with E-state index in [2.05, 4.69) is 5.32 Å². The van der Waals surface area contributed by atoms with Gasteiger partial charge in [0.25, 0.3) is 11.9 Å². The first-order valence-corrected chi connectivity index (χ1v) is 16.7. The van der Waals surface area contributed by atoms with E-state index in [0.717, 1.165) is 4.90 Å². The number of pyridine rings is 1. The summed E-state index contributed by atoms with van der Waals surface area (Å²) in [5.41, 5.74) is 0.974. The van der Waals surface area contributed by atoms with Crippen LogP contribution in [0.25, 0.3) is 0 Å². The molecule has 1 aromatic heterocycles. The van der Waals surface area contributed by atoms with Crippen LogP contribution in [-0.2, 0) is 19.2 Å². The van der Waals surface area contributed by atoms with Crippen molar-refractivity contribution in [2.24, 2.45) is 0 Å². The van der Waals surface area contributed by atoms with Gasteiger partial charge in [0.15, 0.2) is 12.4 Å². The molecule has 5 rings (SSSR count). The van der Waals surface area contributed by atoms with Crippen LogP contribution in [0.3, 0.4) is 0 Å². The van der Waals surface area contributed by atoms with Crippen LogP contribution in [0.1, 0.15) is 11.6 Å².